The van der Waals surface area contributed by atoms with Crippen LogP contribution in [0.1, 0.15) is 41.0 Å². The molecule has 140 valence electrons. The van der Waals surface area contributed by atoms with Gasteiger partial charge in [-0.3, -0.25) is 9.59 Å². The Balaban J connectivity index is 1.84. The van der Waals surface area contributed by atoms with Gasteiger partial charge in [-0.25, -0.2) is 0 Å². The van der Waals surface area contributed by atoms with E-state index in [1.54, 1.807) is 11.8 Å². The Bertz CT molecular complexity index is 1000. The Morgan fingerprint density at radius 3 is 2.56 bits per heavy atom. The van der Waals surface area contributed by atoms with E-state index in [4.69, 9.17) is 0 Å². The van der Waals surface area contributed by atoms with Crippen LogP contribution in [-0.2, 0) is 11.3 Å². The van der Waals surface area contributed by atoms with Crippen LogP contribution in [0.15, 0.2) is 42.5 Å². The maximum atomic E-state index is 12.9. The molecule has 0 aliphatic carbocycles. The Morgan fingerprint density at radius 2 is 1.85 bits per heavy atom. The number of hydrogen-bond donors (Lipinski definition) is 2. The second-order valence-electron chi connectivity index (χ2n) is 6.79. The molecule has 3 aromatic rings. The van der Waals surface area contributed by atoms with E-state index >= 15 is 0 Å². The lowest BCUT2D eigenvalue weighted by molar-refractivity contribution is -0.129. The van der Waals surface area contributed by atoms with Crippen molar-refractivity contribution in [3.63, 3.8) is 0 Å². The molecule has 5 heteroatoms. The summed E-state index contributed by atoms with van der Waals surface area (Å²) in [5.41, 5.74) is 5.40. The van der Waals surface area contributed by atoms with Gasteiger partial charge in [0.2, 0.25) is 5.91 Å². The highest BCUT2D eigenvalue weighted by Crippen LogP contribution is 2.25. The monoisotopic (exact) mass is 363 g/mol. The van der Waals surface area contributed by atoms with Gasteiger partial charge in [0.25, 0.3) is 5.91 Å². The lowest BCUT2D eigenvalue weighted by atomic mass is 10.1. The Kier molecular flexibility index (Phi) is 5.31. The number of aryl methyl sites for hydroxylation is 2. The molecule has 2 N–H and O–H groups in total. The zero-order chi connectivity index (χ0) is 19.6. The summed E-state index contributed by atoms with van der Waals surface area (Å²) in [7, 11) is 0. The quantitative estimate of drug-likeness (QED) is 0.705. The van der Waals surface area contributed by atoms with Gasteiger partial charge in [-0.1, -0.05) is 24.3 Å². The SMILES string of the molecule is CCN(Cc1cccc(NC(=O)c2cccc3c(C)c(C)[nH]c23)c1)C(C)=O. The van der Waals surface area contributed by atoms with E-state index in [1.165, 1.54) is 0 Å². The molecule has 0 radical (unpaired) electrons. The van der Waals surface area contributed by atoms with Crippen LogP contribution in [0.4, 0.5) is 5.69 Å². The van der Waals surface area contributed by atoms with Gasteiger partial charge in [0.05, 0.1) is 11.1 Å². The number of benzene rings is 2. The number of carbonyl (C=O) groups is 2. The minimum Gasteiger partial charge on any atom is -0.358 e. The van der Waals surface area contributed by atoms with Crippen LogP contribution in [0.25, 0.3) is 10.9 Å². The molecule has 0 fully saturated rings. The van der Waals surface area contributed by atoms with Crippen LogP contribution in [-0.4, -0.2) is 28.2 Å². The molecule has 2 aromatic carbocycles. The molecule has 0 saturated carbocycles. The van der Waals surface area contributed by atoms with Gasteiger partial charge < -0.3 is 15.2 Å². The molecule has 2 amide bonds. The van der Waals surface area contributed by atoms with E-state index in [0.29, 0.717) is 24.3 Å². The summed E-state index contributed by atoms with van der Waals surface area (Å²) in [5, 5.41) is 4.04. The Morgan fingerprint density at radius 1 is 1.11 bits per heavy atom. The van der Waals surface area contributed by atoms with Crippen LogP contribution in [0.2, 0.25) is 0 Å². The van der Waals surface area contributed by atoms with Crippen molar-refractivity contribution < 1.29 is 9.59 Å². The van der Waals surface area contributed by atoms with Crippen molar-refractivity contribution in [2.75, 3.05) is 11.9 Å². The fourth-order valence-electron chi connectivity index (χ4n) is 3.28. The van der Waals surface area contributed by atoms with Gasteiger partial charge in [0, 0.05) is 36.8 Å². The first-order chi connectivity index (χ1) is 12.9. The van der Waals surface area contributed by atoms with Crippen molar-refractivity contribution in [2.24, 2.45) is 0 Å². The van der Waals surface area contributed by atoms with E-state index < -0.39 is 0 Å². The van der Waals surface area contributed by atoms with Crippen LogP contribution >= 0.6 is 0 Å². The molecule has 0 saturated heterocycles. The van der Waals surface area contributed by atoms with E-state index in [9.17, 15) is 9.59 Å². The predicted molar refractivity (Wildman–Crippen MR) is 109 cm³/mol. The minimum absolute atomic E-state index is 0.0381. The number of H-pyrrole nitrogens is 1. The van der Waals surface area contributed by atoms with Crippen molar-refractivity contribution >= 4 is 28.4 Å². The number of hydrogen-bond acceptors (Lipinski definition) is 2. The molecule has 0 spiro atoms. The third-order valence-corrected chi connectivity index (χ3v) is 4.97. The second kappa shape index (κ2) is 7.66. The maximum Gasteiger partial charge on any atom is 0.257 e. The number of para-hydroxylation sites is 1. The maximum absolute atomic E-state index is 12.9. The van der Waals surface area contributed by atoms with Crippen molar-refractivity contribution in [1.29, 1.82) is 0 Å². The number of nitrogens with zero attached hydrogens (tertiary/aromatic N) is 1. The fourth-order valence-corrected chi connectivity index (χ4v) is 3.28. The van der Waals surface area contributed by atoms with Crippen LogP contribution in [0.3, 0.4) is 0 Å². The first-order valence-corrected chi connectivity index (χ1v) is 9.14. The van der Waals surface area contributed by atoms with Gasteiger partial charge in [-0.15, -0.1) is 0 Å². The number of carbonyl (C=O) groups excluding carboxylic acids is 2. The smallest absolute Gasteiger partial charge is 0.257 e. The van der Waals surface area contributed by atoms with Crippen LogP contribution < -0.4 is 5.32 Å². The summed E-state index contributed by atoms with van der Waals surface area (Å²) in [6, 6.07) is 13.4. The Hall–Kier alpha value is -3.08. The third kappa shape index (κ3) is 3.87. The van der Waals surface area contributed by atoms with E-state index in [0.717, 1.165) is 27.7 Å². The van der Waals surface area contributed by atoms with Gasteiger partial charge in [-0.2, -0.15) is 0 Å². The second-order valence-corrected chi connectivity index (χ2v) is 6.79. The number of rotatable bonds is 5. The average Bonchev–Trinajstić information content (AvgIpc) is 2.94. The fraction of sp³-hybridized carbons (Fsp3) is 0.273. The third-order valence-electron chi connectivity index (χ3n) is 4.97. The summed E-state index contributed by atoms with van der Waals surface area (Å²) in [6.45, 7) is 8.76. The molecule has 0 aliphatic rings. The van der Waals surface area contributed by atoms with Crippen molar-refractivity contribution in [3.05, 3.63) is 64.8 Å². The van der Waals surface area contributed by atoms with E-state index in [-0.39, 0.29) is 11.8 Å². The number of aromatic amines is 1. The summed E-state index contributed by atoms with van der Waals surface area (Å²) in [4.78, 5) is 29.6. The first kappa shape index (κ1) is 18.7. The number of amides is 2. The molecule has 0 bridgehead atoms. The largest absolute Gasteiger partial charge is 0.358 e. The summed E-state index contributed by atoms with van der Waals surface area (Å²) >= 11 is 0. The molecule has 0 atom stereocenters. The molecular weight excluding hydrogens is 338 g/mol. The highest BCUT2D eigenvalue weighted by Gasteiger charge is 2.14. The standard InChI is InChI=1S/C22H25N3O2/c1-5-25(16(4)26)13-17-8-6-9-18(12-17)24-22(27)20-11-7-10-19-14(2)15(3)23-21(19)20/h6-12,23H,5,13H2,1-4H3,(H,24,27). The highest BCUT2D eigenvalue weighted by molar-refractivity contribution is 6.12. The van der Waals surface area contributed by atoms with Crippen LogP contribution in [0, 0.1) is 13.8 Å². The van der Waals surface area contributed by atoms with E-state index in [1.807, 2.05) is 63.2 Å². The van der Waals surface area contributed by atoms with Gasteiger partial charge >= 0.3 is 0 Å². The molecule has 1 aromatic heterocycles. The normalized spacial score (nSPS) is 10.8. The number of fused-ring (bicyclic) bond motifs is 1. The summed E-state index contributed by atoms with van der Waals surface area (Å²) in [6.07, 6.45) is 0. The zero-order valence-electron chi connectivity index (χ0n) is 16.2. The van der Waals surface area contributed by atoms with Crippen molar-refractivity contribution in [1.82, 2.24) is 9.88 Å². The zero-order valence-corrected chi connectivity index (χ0v) is 16.2. The average molecular weight is 363 g/mol. The summed E-state index contributed by atoms with van der Waals surface area (Å²) < 4.78 is 0. The van der Waals surface area contributed by atoms with Crippen molar-refractivity contribution in [3.8, 4) is 0 Å². The van der Waals surface area contributed by atoms with Crippen LogP contribution in [0.5, 0.6) is 0 Å². The number of nitrogens with one attached hydrogen (secondary N) is 2. The first-order valence-electron chi connectivity index (χ1n) is 9.14. The molecule has 27 heavy (non-hydrogen) atoms. The minimum atomic E-state index is -0.155. The lowest BCUT2D eigenvalue weighted by Gasteiger charge is -2.19. The predicted octanol–water partition coefficient (Wildman–Crippen LogP) is 4.41. The van der Waals surface area contributed by atoms with Gasteiger partial charge in [0.15, 0.2) is 0 Å². The molecule has 5 nitrogen and oxygen atoms in total. The molecule has 0 unspecified atom stereocenters. The molecule has 0 aliphatic heterocycles. The topological polar surface area (TPSA) is 65.2 Å². The van der Waals surface area contributed by atoms with Gasteiger partial charge in [-0.05, 0) is 50.1 Å². The molecular formula is C22H25N3O2. The number of aromatic nitrogens is 1. The molecule has 3 rings (SSSR count). The van der Waals surface area contributed by atoms with Gasteiger partial charge in [0.1, 0.15) is 0 Å². The molecule has 1 heterocycles. The van der Waals surface area contributed by atoms with Crippen molar-refractivity contribution in [2.45, 2.75) is 34.2 Å². The highest BCUT2D eigenvalue weighted by atomic mass is 16.2. The summed E-state index contributed by atoms with van der Waals surface area (Å²) in [5.74, 6) is -0.117. The lowest BCUT2D eigenvalue weighted by Crippen LogP contribution is -2.27. The van der Waals surface area contributed by atoms with E-state index in [2.05, 4.69) is 10.3 Å². The Labute approximate surface area is 159 Å². The number of anilines is 1.